The Morgan fingerprint density at radius 3 is 2.88 bits per heavy atom. The highest BCUT2D eigenvalue weighted by molar-refractivity contribution is 5.82. The first-order valence-corrected chi connectivity index (χ1v) is 2.42. The van der Waals surface area contributed by atoms with E-state index in [9.17, 15) is 4.79 Å². The zero-order chi connectivity index (χ0) is 5.98. The van der Waals surface area contributed by atoms with Gasteiger partial charge in [0.2, 0.25) is 5.91 Å². The van der Waals surface area contributed by atoms with Gasteiger partial charge in [-0.2, -0.15) is 0 Å². The molecule has 0 saturated heterocycles. The number of hydrogen-bond donors (Lipinski definition) is 2. The topological polar surface area (TPSA) is 49.3 Å². The molecule has 0 bridgehead atoms. The molecule has 0 radical (unpaired) electrons. The Labute approximate surface area is 47.0 Å². The first kappa shape index (κ1) is 5.31. The van der Waals surface area contributed by atoms with E-state index in [2.05, 4.69) is 5.32 Å². The average molecular weight is 113 g/mol. The van der Waals surface area contributed by atoms with E-state index in [1.54, 1.807) is 6.08 Å². The van der Waals surface area contributed by atoms with E-state index in [0.717, 1.165) is 0 Å². The van der Waals surface area contributed by atoms with Gasteiger partial charge in [0.1, 0.15) is 0 Å². The predicted octanol–water partition coefficient (Wildman–Crippen LogP) is -0.618. The van der Waals surface area contributed by atoms with Gasteiger partial charge < -0.3 is 10.4 Å². The third kappa shape index (κ3) is 0.869. The Hall–Kier alpha value is -0.830. The molecule has 0 aliphatic carbocycles. The standard InChI is InChI=1S/C5H7NO2/c7-3-4-1-2-5(8)6-4/h1,7H,2-3H2,(H,6,8). The van der Waals surface area contributed by atoms with Crippen molar-refractivity contribution < 1.29 is 9.90 Å². The second-order valence-corrected chi connectivity index (χ2v) is 1.64. The largest absolute Gasteiger partial charge is 0.390 e. The van der Waals surface area contributed by atoms with Gasteiger partial charge in [-0.05, 0) is 0 Å². The fraction of sp³-hybridized carbons (Fsp3) is 0.400. The van der Waals surface area contributed by atoms with Gasteiger partial charge >= 0.3 is 0 Å². The summed E-state index contributed by atoms with van der Waals surface area (Å²) in [5.41, 5.74) is 0.620. The fourth-order valence-electron chi connectivity index (χ4n) is 0.601. The molecule has 0 fully saturated rings. The summed E-state index contributed by atoms with van der Waals surface area (Å²) in [7, 11) is 0. The van der Waals surface area contributed by atoms with Crippen molar-refractivity contribution in [2.75, 3.05) is 6.61 Å². The zero-order valence-electron chi connectivity index (χ0n) is 4.35. The summed E-state index contributed by atoms with van der Waals surface area (Å²) in [6.45, 7) is -0.0637. The maximum atomic E-state index is 10.3. The van der Waals surface area contributed by atoms with E-state index < -0.39 is 0 Å². The number of carbonyl (C=O) groups excluding carboxylic acids is 1. The molecule has 1 heterocycles. The van der Waals surface area contributed by atoms with Gasteiger partial charge in [-0.15, -0.1) is 0 Å². The highest BCUT2D eigenvalue weighted by Gasteiger charge is 2.08. The van der Waals surface area contributed by atoms with E-state index in [1.165, 1.54) is 0 Å². The van der Waals surface area contributed by atoms with Crippen molar-refractivity contribution in [2.45, 2.75) is 6.42 Å². The van der Waals surface area contributed by atoms with Crippen LogP contribution in [0.3, 0.4) is 0 Å². The summed E-state index contributed by atoms with van der Waals surface area (Å²) in [6.07, 6.45) is 2.10. The lowest BCUT2D eigenvalue weighted by Crippen LogP contribution is -2.16. The molecule has 0 saturated carbocycles. The van der Waals surface area contributed by atoms with Crippen molar-refractivity contribution in [2.24, 2.45) is 0 Å². The second-order valence-electron chi connectivity index (χ2n) is 1.64. The molecule has 2 N–H and O–H groups in total. The van der Waals surface area contributed by atoms with Crippen LogP contribution in [0.2, 0.25) is 0 Å². The normalized spacial score (nSPS) is 18.1. The molecule has 0 aromatic heterocycles. The Morgan fingerprint density at radius 2 is 2.62 bits per heavy atom. The van der Waals surface area contributed by atoms with Crippen LogP contribution >= 0.6 is 0 Å². The van der Waals surface area contributed by atoms with Crippen molar-refractivity contribution in [1.29, 1.82) is 0 Å². The minimum Gasteiger partial charge on any atom is -0.390 e. The van der Waals surface area contributed by atoms with Gasteiger partial charge in [0, 0.05) is 12.1 Å². The molecule has 0 aromatic carbocycles. The van der Waals surface area contributed by atoms with Crippen molar-refractivity contribution in [3.63, 3.8) is 0 Å². The van der Waals surface area contributed by atoms with Crippen LogP contribution in [-0.4, -0.2) is 17.6 Å². The zero-order valence-corrected chi connectivity index (χ0v) is 4.35. The number of carbonyl (C=O) groups is 1. The van der Waals surface area contributed by atoms with Crippen molar-refractivity contribution in [3.05, 3.63) is 11.8 Å². The second kappa shape index (κ2) is 1.96. The monoisotopic (exact) mass is 113 g/mol. The molecule has 3 nitrogen and oxygen atoms in total. The molecule has 1 aliphatic heterocycles. The summed E-state index contributed by atoms with van der Waals surface area (Å²) in [5.74, 6) is -0.0333. The van der Waals surface area contributed by atoms with E-state index in [1.807, 2.05) is 0 Å². The summed E-state index contributed by atoms with van der Waals surface area (Å²) >= 11 is 0. The molecule has 44 valence electrons. The van der Waals surface area contributed by atoms with Gasteiger partial charge in [-0.25, -0.2) is 0 Å². The number of aliphatic hydroxyl groups is 1. The van der Waals surface area contributed by atoms with Gasteiger partial charge in [-0.1, -0.05) is 6.08 Å². The first-order chi connectivity index (χ1) is 3.83. The summed E-state index contributed by atoms with van der Waals surface area (Å²) in [5, 5.41) is 10.9. The molecular weight excluding hydrogens is 106 g/mol. The van der Waals surface area contributed by atoms with Gasteiger partial charge in [0.25, 0.3) is 0 Å². The molecule has 8 heavy (non-hydrogen) atoms. The Morgan fingerprint density at radius 1 is 1.88 bits per heavy atom. The minimum atomic E-state index is -0.0637. The van der Waals surface area contributed by atoms with Gasteiger partial charge in [0.15, 0.2) is 0 Å². The molecule has 1 amide bonds. The molecule has 0 atom stereocenters. The third-order valence-corrected chi connectivity index (χ3v) is 1.00. The summed E-state index contributed by atoms with van der Waals surface area (Å²) < 4.78 is 0. The molecular formula is C5H7NO2. The average Bonchev–Trinajstić information content (AvgIpc) is 2.14. The van der Waals surface area contributed by atoms with Crippen molar-refractivity contribution >= 4 is 5.91 Å². The SMILES string of the molecule is O=C1CC=C(CO)N1. The lowest BCUT2D eigenvalue weighted by Gasteiger charge is -1.93. The first-order valence-electron chi connectivity index (χ1n) is 2.42. The van der Waals surface area contributed by atoms with Gasteiger partial charge in [0.05, 0.1) is 6.61 Å². The number of nitrogens with one attached hydrogen (secondary N) is 1. The Kier molecular flexibility index (Phi) is 1.30. The molecule has 0 unspecified atom stereocenters. The Bertz CT molecular complexity index is 139. The number of amides is 1. The van der Waals surface area contributed by atoms with Crippen LogP contribution in [0.25, 0.3) is 0 Å². The minimum absolute atomic E-state index is 0.0333. The van der Waals surface area contributed by atoms with Crippen LogP contribution in [0.15, 0.2) is 11.8 Å². The molecule has 3 heteroatoms. The third-order valence-electron chi connectivity index (χ3n) is 1.00. The van der Waals surface area contributed by atoms with Crippen LogP contribution < -0.4 is 5.32 Å². The smallest absolute Gasteiger partial charge is 0.228 e. The van der Waals surface area contributed by atoms with Crippen molar-refractivity contribution in [1.82, 2.24) is 5.32 Å². The van der Waals surface area contributed by atoms with Crippen LogP contribution in [-0.2, 0) is 4.79 Å². The Balaban J connectivity index is 2.49. The van der Waals surface area contributed by atoms with Gasteiger partial charge in [-0.3, -0.25) is 4.79 Å². The lowest BCUT2D eigenvalue weighted by molar-refractivity contribution is -0.118. The van der Waals surface area contributed by atoms with Crippen LogP contribution in [0.5, 0.6) is 0 Å². The molecule has 1 rings (SSSR count). The van der Waals surface area contributed by atoms with E-state index in [4.69, 9.17) is 5.11 Å². The van der Waals surface area contributed by atoms with Crippen LogP contribution in [0.1, 0.15) is 6.42 Å². The van der Waals surface area contributed by atoms with E-state index in [0.29, 0.717) is 12.1 Å². The quantitative estimate of drug-likeness (QED) is 0.476. The fourth-order valence-corrected chi connectivity index (χ4v) is 0.601. The molecule has 0 aromatic rings. The van der Waals surface area contributed by atoms with E-state index in [-0.39, 0.29) is 12.5 Å². The number of hydrogen-bond acceptors (Lipinski definition) is 2. The predicted molar refractivity (Wildman–Crippen MR) is 27.9 cm³/mol. The van der Waals surface area contributed by atoms with Crippen molar-refractivity contribution in [3.8, 4) is 0 Å². The van der Waals surface area contributed by atoms with Crippen LogP contribution in [0, 0.1) is 0 Å². The highest BCUT2D eigenvalue weighted by Crippen LogP contribution is 1.99. The van der Waals surface area contributed by atoms with E-state index >= 15 is 0 Å². The summed E-state index contributed by atoms with van der Waals surface area (Å²) in [4.78, 5) is 10.3. The summed E-state index contributed by atoms with van der Waals surface area (Å²) in [6, 6.07) is 0. The number of aliphatic hydroxyl groups excluding tert-OH is 1. The maximum absolute atomic E-state index is 10.3. The number of rotatable bonds is 1. The lowest BCUT2D eigenvalue weighted by atomic mass is 10.4. The highest BCUT2D eigenvalue weighted by atomic mass is 16.3. The van der Waals surface area contributed by atoms with Crippen LogP contribution in [0.4, 0.5) is 0 Å². The maximum Gasteiger partial charge on any atom is 0.228 e. The molecule has 1 aliphatic rings. The molecule has 0 spiro atoms.